The first-order chi connectivity index (χ1) is 10.1. The lowest BCUT2D eigenvalue weighted by Crippen LogP contribution is -2.30. The van der Waals surface area contributed by atoms with Crippen molar-refractivity contribution in [3.63, 3.8) is 0 Å². The zero-order chi connectivity index (χ0) is 15.1. The summed E-state index contributed by atoms with van der Waals surface area (Å²) in [4.78, 5) is 15.8. The lowest BCUT2D eigenvalue weighted by molar-refractivity contribution is -0.123. The second kappa shape index (κ2) is 7.43. The zero-order valence-electron chi connectivity index (χ0n) is 12.4. The number of nitrogens with zero attached hydrogens (tertiary/aromatic N) is 1. The molecule has 4 heteroatoms. The molecule has 21 heavy (non-hydrogen) atoms. The third kappa shape index (κ3) is 4.91. The van der Waals surface area contributed by atoms with Crippen molar-refractivity contribution in [1.29, 1.82) is 0 Å². The predicted octanol–water partition coefficient (Wildman–Crippen LogP) is 2.44. The number of carbonyl (C=O) groups excluding carboxylic acids is 1. The van der Waals surface area contributed by atoms with E-state index in [1.54, 1.807) is 6.20 Å². The van der Waals surface area contributed by atoms with Gasteiger partial charge in [0.05, 0.1) is 6.20 Å². The first-order valence-electron chi connectivity index (χ1n) is 7.02. The smallest absolute Gasteiger partial charge is 0.257 e. The van der Waals surface area contributed by atoms with Crippen LogP contribution in [0.25, 0.3) is 0 Å². The molecule has 1 aromatic carbocycles. The summed E-state index contributed by atoms with van der Waals surface area (Å²) in [6, 6.07) is 11.8. The Hall–Kier alpha value is -2.36. The van der Waals surface area contributed by atoms with Crippen molar-refractivity contribution in [3.05, 3.63) is 59.4 Å². The molecule has 0 aliphatic heterocycles. The van der Waals surface area contributed by atoms with Crippen molar-refractivity contribution in [2.45, 2.75) is 20.3 Å². The van der Waals surface area contributed by atoms with Crippen molar-refractivity contribution in [2.24, 2.45) is 0 Å². The lowest BCUT2D eigenvalue weighted by Gasteiger charge is -2.08. The van der Waals surface area contributed by atoms with Crippen LogP contribution in [-0.4, -0.2) is 24.0 Å². The SMILES string of the molecule is Cc1ccc(OCC(=O)NCCc2ccccc2C)cn1. The highest BCUT2D eigenvalue weighted by Gasteiger charge is 2.03. The predicted molar refractivity (Wildman–Crippen MR) is 82.4 cm³/mol. The molecule has 1 N–H and O–H groups in total. The minimum absolute atomic E-state index is 0.0124. The highest BCUT2D eigenvalue weighted by atomic mass is 16.5. The van der Waals surface area contributed by atoms with Crippen LogP contribution < -0.4 is 10.1 Å². The fourth-order valence-corrected chi connectivity index (χ4v) is 1.97. The molecule has 0 fully saturated rings. The van der Waals surface area contributed by atoms with Gasteiger partial charge in [-0.15, -0.1) is 0 Å². The van der Waals surface area contributed by atoms with Gasteiger partial charge in [0.2, 0.25) is 0 Å². The average molecular weight is 284 g/mol. The van der Waals surface area contributed by atoms with Crippen LogP contribution in [0.3, 0.4) is 0 Å². The molecule has 0 saturated heterocycles. The van der Waals surface area contributed by atoms with E-state index in [1.165, 1.54) is 11.1 Å². The molecule has 110 valence electrons. The van der Waals surface area contributed by atoms with E-state index in [9.17, 15) is 4.79 Å². The molecule has 0 aliphatic carbocycles. The second-order valence-electron chi connectivity index (χ2n) is 4.95. The minimum Gasteiger partial charge on any atom is -0.482 e. The highest BCUT2D eigenvalue weighted by molar-refractivity contribution is 5.77. The van der Waals surface area contributed by atoms with Gasteiger partial charge in [-0.05, 0) is 43.5 Å². The summed E-state index contributed by atoms with van der Waals surface area (Å²) < 4.78 is 5.37. The van der Waals surface area contributed by atoms with Crippen LogP contribution in [0.5, 0.6) is 5.75 Å². The van der Waals surface area contributed by atoms with Gasteiger partial charge in [-0.2, -0.15) is 0 Å². The maximum absolute atomic E-state index is 11.7. The number of rotatable bonds is 6. The van der Waals surface area contributed by atoms with E-state index in [-0.39, 0.29) is 12.5 Å². The van der Waals surface area contributed by atoms with Crippen molar-refractivity contribution < 1.29 is 9.53 Å². The monoisotopic (exact) mass is 284 g/mol. The summed E-state index contributed by atoms with van der Waals surface area (Å²) in [6.07, 6.45) is 2.44. The third-order valence-corrected chi connectivity index (χ3v) is 3.23. The number of carbonyl (C=O) groups is 1. The van der Waals surface area contributed by atoms with Crippen LogP contribution in [-0.2, 0) is 11.2 Å². The number of hydrogen-bond donors (Lipinski definition) is 1. The molecule has 0 spiro atoms. The van der Waals surface area contributed by atoms with Gasteiger partial charge < -0.3 is 10.1 Å². The maximum Gasteiger partial charge on any atom is 0.257 e. The van der Waals surface area contributed by atoms with Gasteiger partial charge in [-0.3, -0.25) is 9.78 Å². The molecular formula is C17H20N2O2. The molecule has 1 aromatic heterocycles. The van der Waals surface area contributed by atoms with Crippen LogP contribution in [0, 0.1) is 13.8 Å². The molecule has 2 rings (SSSR count). The second-order valence-corrected chi connectivity index (χ2v) is 4.95. The van der Waals surface area contributed by atoms with E-state index < -0.39 is 0 Å². The summed E-state index contributed by atoms with van der Waals surface area (Å²) in [5.41, 5.74) is 3.42. The van der Waals surface area contributed by atoms with Crippen molar-refractivity contribution >= 4 is 5.91 Å². The molecule has 0 unspecified atom stereocenters. The van der Waals surface area contributed by atoms with E-state index >= 15 is 0 Å². The molecule has 1 heterocycles. The van der Waals surface area contributed by atoms with Crippen molar-refractivity contribution in [1.82, 2.24) is 10.3 Å². The van der Waals surface area contributed by atoms with E-state index in [0.717, 1.165) is 12.1 Å². The van der Waals surface area contributed by atoms with Gasteiger partial charge in [0, 0.05) is 12.2 Å². The van der Waals surface area contributed by atoms with E-state index in [0.29, 0.717) is 12.3 Å². The quantitative estimate of drug-likeness (QED) is 0.886. The molecule has 2 aromatic rings. The van der Waals surface area contributed by atoms with Gasteiger partial charge >= 0.3 is 0 Å². The number of ether oxygens (including phenoxy) is 1. The van der Waals surface area contributed by atoms with Crippen LogP contribution in [0.1, 0.15) is 16.8 Å². The standard InChI is InChI=1S/C17H20N2O2/c1-13-5-3-4-6-15(13)9-10-18-17(20)12-21-16-8-7-14(2)19-11-16/h3-8,11H,9-10,12H2,1-2H3,(H,18,20). The molecule has 0 bridgehead atoms. The fraction of sp³-hybridized carbons (Fsp3) is 0.294. The summed E-state index contributed by atoms with van der Waals surface area (Å²) in [7, 11) is 0. The Labute approximate surface area is 125 Å². The molecule has 4 nitrogen and oxygen atoms in total. The summed E-state index contributed by atoms with van der Waals surface area (Å²) in [5, 5.41) is 2.86. The highest BCUT2D eigenvalue weighted by Crippen LogP contribution is 2.08. The molecule has 1 amide bonds. The number of nitrogens with one attached hydrogen (secondary N) is 1. The minimum atomic E-state index is -0.121. The Morgan fingerprint density at radius 1 is 1.19 bits per heavy atom. The zero-order valence-corrected chi connectivity index (χ0v) is 12.4. The van der Waals surface area contributed by atoms with Crippen molar-refractivity contribution in [2.75, 3.05) is 13.2 Å². The van der Waals surface area contributed by atoms with Gasteiger partial charge in [0.1, 0.15) is 5.75 Å². The van der Waals surface area contributed by atoms with Gasteiger partial charge in [-0.25, -0.2) is 0 Å². The molecule has 0 radical (unpaired) electrons. The maximum atomic E-state index is 11.7. The summed E-state index contributed by atoms with van der Waals surface area (Å²) in [6.45, 7) is 4.60. The summed E-state index contributed by atoms with van der Waals surface area (Å²) in [5.74, 6) is 0.485. The Balaban J connectivity index is 1.70. The Kier molecular flexibility index (Phi) is 5.32. The van der Waals surface area contributed by atoms with E-state index in [2.05, 4.69) is 29.4 Å². The Morgan fingerprint density at radius 2 is 2.00 bits per heavy atom. The van der Waals surface area contributed by atoms with Gasteiger partial charge in [0.25, 0.3) is 5.91 Å². The van der Waals surface area contributed by atoms with E-state index in [1.807, 2.05) is 31.2 Å². The number of aryl methyl sites for hydroxylation is 2. The van der Waals surface area contributed by atoms with Gasteiger partial charge in [-0.1, -0.05) is 24.3 Å². The number of amides is 1. The fourth-order valence-electron chi connectivity index (χ4n) is 1.97. The van der Waals surface area contributed by atoms with Crippen LogP contribution in [0.15, 0.2) is 42.6 Å². The number of aromatic nitrogens is 1. The van der Waals surface area contributed by atoms with Gasteiger partial charge in [0.15, 0.2) is 6.61 Å². The molecule has 0 atom stereocenters. The molecule has 0 saturated carbocycles. The normalized spacial score (nSPS) is 10.2. The van der Waals surface area contributed by atoms with Crippen LogP contribution in [0.4, 0.5) is 0 Å². The largest absolute Gasteiger partial charge is 0.482 e. The number of hydrogen-bond acceptors (Lipinski definition) is 3. The average Bonchev–Trinajstić information content (AvgIpc) is 2.49. The topological polar surface area (TPSA) is 51.2 Å². The lowest BCUT2D eigenvalue weighted by atomic mass is 10.1. The number of pyridine rings is 1. The van der Waals surface area contributed by atoms with Crippen LogP contribution in [0.2, 0.25) is 0 Å². The Morgan fingerprint density at radius 3 is 2.71 bits per heavy atom. The molecular weight excluding hydrogens is 264 g/mol. The van der Waals surface area contributed by atoms with Crippen molar-refractivity contribution in [3.8, 4) is 5.75 Å². The Bertz CT molecular complexity index is 594. The van der Waals surface area contributed by atoms with E-state index in [4.69, 9.17) is 4.74 Å². The molecule has 0 aliphatic rings. The first kappa shape index (κ1) is 15.0. The summed E-state index contributed by atoms with van der Waals surface area (Å²) >= 11 is 0. The number of benzene rings is 1. The first-order valence-corrected chi connectivity index (χ1v) is 7.02. The third-order valence-electron chi connectivity index (χ3n) is 3.23. The van der Waals surface area contributed by atoms with Crippen LogP contribution >= 0.6 is 0 Å².